The van der Waals surface area contributed by atoms with Crippen molar-refractivity contribution < 1.29 is 18.7 Å². The first-order chi connectivity index (χ1) is 13.5. The Morgan fingerprint density at radius 1 is 1.32 bits per heavy atom. The van der Waals surface area contributed by atoms with Gasteiger partial charge in [0.25, 0.3) is 0 Å². The Kier molecular flexibility index (Phi) is 4.82. The van der Waals surface area contributed by atoms with Crippen LogP contribution < -0.4 is 15.6 Å². The molecule has 0 unspecified atom stereocenters. The van der Waals surface area contributed by atoms with Crippen LogP contribution in [0, 0.1) is 11.6 Å². The molecule has 0 atom stereocenters. The van der Waals surface area contributed by atoms with E-state index in [1.165, 1.54) is 15.9 Å². The number of halogens is 2. The zero-order valence-electron chi connectivity index (χ0n) is 14.6. The lowest BCUT2D eigenvalue weighted by Gasteiger charge is -2.30. The Hall–Kier alpha value is -2.85. The number of fused-ring (bicyclic) bond motifs is 1. The monoisotopic (exact) mass is 406 g/mol. The van der Waals surface area contributed by atoms with Gasteiger partial charge in [0.05, 0.1) is 17.4 Å². The van der Waals surface area contributed by atoms with Gasteiger partial charge in [-0.15, -0.1) is 11.3 Å². The van der Waals surface area contributed by atoms with Crippen molar-refractivity contribution in [1.82, 2.24) is 14.9 Å². The predicted octanol–water partition coefficient (Wildman–Crippen LogP) is 1.89. The number of nitrogens with zero attached hydrogens (tertiary/aromatic N) is 3. The first-order valence-electron chi connectivity index (χ1n) is 8.60. The van der Waals surface area contributed by atoms with Crippen LogP contribution in [0.5, 0.6) is 0 Å². The van der Waals surface area contributed by atoms with Crippen LogP contribution >= 0.6 is 11.3 Å². The summed E-state index contributed by atoms with van der Waals surface area (Å²) < 4.78 is 31.6. The minimum Gasteiger partial charge on any atom is -0.477 e. The van der Waals surface area contributed by atoms with E-state index in [-0.39, 0.29) is 23.1 Å². The number of rotatable bonds is 4. The molecule has 146 valence electrons. The molecule has 0 radical (unpaired) electrons. The number of pyridine rings is 1. The Morgan fingerprint density at radius 2 is 2.07 bits per heavy atom. The first kappa shape index (κ1) is 18.5. The topological polar surface area (TPSA) is 87.5 Å². The highest BCUT2D eigenvalue weighted by Gasteiger charge is 2.26. The summed E-state index contributed by atoms with van der Waals surface area (Å²) in [6, 6.07) is 0.933. The fourth-order valence-electron chi connectivity index (χ4n) is 3.41. The molecule has 2 N–H and O–H groups in total. The SMILES string of the molecule is O=C(O)c1cn(Cc2nccs2)c2c(F)c(N3CCNCC3)c(F)cc2c1=O. The number of piperazine rings is 1. The number of carboxylic acid groups (broad SMARTS) is 1. The van der Waals surface area contributed by atoms with E-state index in [4.69, 9.17) is 0 Å². The number of carbonyl (C=O) groups is 1. The zero-order valence-corrected chi connectivity index (χ0v) is 15.4. The largest absolute Gasteiger partial charge is 0.477 e. The quantitative estimate of drug-likeness (QED) is 0.688. The average Bonchev–Trinajstić information content (AvgIpc) is 3.17. The number of anilines is 1. The van der Waals surface area contributed by atoms with E-state index < -0.39 is 28.6 Å². The fraction of sp³-hybridized carbons (Fsp3) is 0.278. The standard InChI is InChI=1S/C18H16F2N4O3S/c19-12-7-10-15(14(20)16(12)23-4-1-21-2-5-23)24(9-13-22-3-6-28-13)8-11(17(10)25)18(26)27/h3,6-8,21H,1-2,4-5,9H2,(H,26,27). The van der Waals surface area contributed by atoms with Crippen molar-refractivity contribution in [2.45, 2.75) is 6.54 Å². The van der Waals surface area contributed by atoms with Crippen molar-refractivity contribution >= 4 is 33.9 Å². The molecule has 0 spiro atoms. The van der Waals surface area contributed by atoms with Crippen molar-refractivity contribution in [2.24, 2.45) is 0 Å². The Morgan fingerprint density at radius 3 is 2.71 bits per heavy atom. The maximum absolute atomic E-state index is 15.5. The van der Waals surface area contributed by atoms with E-state index in [1.807, 2.05) is 0 Å². The molecule has 7 nitrogen and oxygen atoms in total. The van der Waals surface area contributed by atoms with Gasteiger partial charge in [-0.25, -0.2) is 18.6 Å². The number of aromatic carboxylic acids is 1. The lowest BCUT2D eigenvalue weighted by Crippen LogP contribution is -2.44. The second-order valence-corrected chi connectivity index (χ2v) is 7.36. The molecule has 1 aliphatic rings. The third kappa shape index (κ3) is 3.14. The van der Waals surface area contributed by atoms with Crippen molar-refractivity contribution in [3.05, 3.63) is 56.3 Å². The molecule has 0 amide bonds. The van der Waals surface area contributed by atoms with Crippen molar-refractivity contribution in [3.8, 4) is 0 Å². The number of hydrogen-bond donors (Lipinski definition) is 2. The predicted molar refractivity (Wildman–Crippen MR) is 101 cm³/mol. The molecular formula is C18H16F2N4O3S. The van der Waals surface area contributed by atoms with Crippen LogP contribution in [0.2, 0.25) is 0 Å². The van der Waals surface area contributed by atoms with Crippen LogP contribution in [0.1, 0.15) is 15.4 Å². The van der Waals surface area contributed by atoms with E-state index in [2.05, 4.69) is 10.3 Å². The van der Waals surface area contributed by atoms with Crippen LogP contribution in [0.3, 0.4) is 0 Å². The van der Waals surface area contributed by atoms with E-state index in [0.29, 0.717) is 31.2 Å². The Balaban J connectivity index is 2.00. The summed E-state index contributed by atoms with van der Waals surface area (Å²) in [5.41, 5.74) is -1.79. The molecule has 0 aliphatic carbocycles. The van der Waals surface area contributed by atoms with Gasteiger partial charge in [-0.2, -0.15) is 0 Å². The van der Waals surface area contributed by atoms with Crippen LogP contribution in [0.25, 0.3) is 10.9 Å². The third-order valence-electron chi connectivity index (χ3n) is 4.68. The van der Waals surface area contributed by atoms with Crippen LogP contribution in [0.15, 0.2) is 28.6 Å². The van der Waals surface area contributed by atoms with E-state index in [1.54, 1.807) is 16.5 Å². The van der Waals surface area contributed by atoms with Crippen LogP contribution in [-0.4, -0.2) is 46.8 Å². The van der Waals surface area contributed by atoms with Gasteiger partial charge < -0.3 is 19.9 Å². The molecular weight excluding hydrogens is 390 g/mol. The molecule has 1 aliphatic heterocycles. The smallest absolute Gasteiger partial charge is 0.341 e. The van der Waals surface area contributed by atoms with E-state index in [9.17, 15) is 19.1 Å². The second kappa shape index (κ2) is 7.28. The number of thiazole rings is 1. The maximum atomic E-state index is 15.5. The lowest BCUT2D eigenvalue weighted by molar-refractivity contribution is 0.0695. The molecule has 0 bridgehead atoms. The summed E-state index contributed by atoms with van der Waals surface area (Å²) in [6.45, 7) is 2.08. The van der Waals surface area contributed by atoms with Gasteiger partial charge in [0.15, 0.2) is 5.82 Å². The highest BCUT2D eigenvalue weighted by molar-refractivity contribution is 7.09. The molecule has 2 aromatic heterocycles. The molecule has 28 heavy (non-hydrogen) atoms. The van der Waals surface area contributed by atoms with Crippen LogP contribution in [-0.2, 0) is 6.54 Å². The average molecular weight is 406 g/mol. The van der Waals surface area contributed by atoms with E-state index >= 15 is 4.39 Å². The van der Waals surface area contributed by atoms with Crippen molar-refractivity contribution in [1.29, 1.82) is 0 Å². The molecule has 3 heterocycles. The molecule has 0 saturated carbocycles. The summed E-state index contributed by atoms with van der Waals surface area (Å²) in [7, 11) is 0. The van der Waals surface area contributed by atoms with Crippen molar-refractivity contribution in [3.63, 3.8) is 0 Å². The molecule has 3 aromatic rings. The molecule has 1 saturated heterocycles. The van der Waals surface area contributed by atoms with Gasteiger partial charge in [0.2, 0.25) is 5.43 Å². The fourth-order valence-corrected chi connectivity index (χ4v) is 4.02. The van der Waals surface area contributed by atoms with Crippen LogP contribution in [0.4, 0.5) is 14.5 Å². The van der Waals surface area contributed by atoms with Gasteiger partial charge in [0.1, 0.15) is 22.1 Å². The first-order valence-corrected chi connectivity index (χ1v) is 9.48. The minimum atomic E-state index is -1.45. The normalized spacial score (nSPS) is 14.6. The highest BCUT2D eigenvalue weighted by atomic mass is 32.1. The maximum Gasteiger partial charge on any atom is 0.341 e. The Bertz CT molecular complexity index is 1110. The van der Waals surface area contributed by atoms with Gasteiger partial charge in [-0.1, -0.05) is 0 Å². The van der Waals surface area contributed by atoms with Gasteiger partial charge in [-0.3, -0.25) is 4.79 Å². The summed E-state index contributed by atoms with van der Waals surface area (Å²) in [5.74, 6) is -3.21. The Labute approximate surface area is 161 Å². The number of nitrogens with one attached hydrogen (secondary N) is 1. The number of carboxylic acids is 1. The number of aromatic nitrogens is 2. The molecule has 10 heteroatoms. The van der Waals surface area contributed by atoms with Gasteiger partial charge in [0, 0.05) is 44.0 Å². The summed E-state index contributed by atoms with van der Waals surface area (Å²) >= 11 is 1.31. The molecule has 1 aromatic carbocycles. The summed E-state index contributed by atoms with van der Waals surface area (Å²) in [4.78, 5) is 29.7. The van der Waals surface area contributed by atoms with E-state index in [0.717, 1.165) is 12.3 Å². The molecule has 4 rings (SSSR count). The summed E-state index contributed by atoms with van der Waals surface area (Å²) in [6.07, 6.45) is 2.67. The van der Waals surface area contributed by atoms with Gasteiger partial charge in [-0.05, 0) is 6.07 Å². The zero-order chi connectivity index (χ0) is 19.8. The minimum absolute atomic E-state index is 0.0677. The number of hydrogen-bond acceptors (Lipinski definition) is 6. The van der Waals surface area contributed by atoms with Crippen molar-refractivity contribution in [2.75, 3.05) is 31.1 Å². The molecule has 1 fully saturated rings. The van der Waals surface area contributed by atoms with Gasteiger partial charge >= 0.3 is 5.97 Å². The number of benzene rings is 1. The third-order valence-corrected chi connectivity index (χ3v) is 5.45. The summed E-state index contributed by atoms with van der Waals surface area (Å²) in [5, 5.41) is 14.5. The highest BCUT2D eigenvalue weighted by Crippen LogP contribution is 2.30. The lowest BCUT2D eigenvalue weighted by atomic mass is 10.1. The second-order valence-electron chi connectivity index (χ2n) is 6.38.